The molecule has 1 heterocycles. The van der Waals surface area contributed by atoms with Crippen LogP contribution in [0.25, 0.3) is 0 Å². The van der Waals surface area contributed by atoms with Crippen LogP contribution in [0.15, 0.2) is 0 Å². The summed E-state index contributed by atoms with van der Waals surface area (Å²) >= 11 is 2.20. The molecule has 0 unspecified atom stereocenters. The van der Waals surface area contributed by atoms with Crippen LogP contribution >= 0.6 is 30.1 Å². The third-order valence-electron chi connectivity index (χ3n) is 3.39. The molecule has 23 heavy (non-hydrogen) atoms. The molecule has 0 bridgehead atoms. The molecule has 0 radical (unpaired) electrons. The van der Waals surface area contributed by atoms with E-state index in [1.165, 1.54) is 0 Å². The highest BCUT2D eigenvalue weighted by molar-refractivity contribution is 14.2. The van der Waals surface area contributed by atoms with Gasteiger partial charge in [0, 0.05) is 29.9 Å². The van der Waals surface area contributed by atoms with Crippen LogP contribution in [-0.2, 0) is 17.8 Å². The van der Waals surface area contributed by atoms with Crippen LogP contribution in [0.2, 0.25) is 0 Å². The van der Waals surface area contributed by atoms with E-state index in [1.54, 1.807) is 16.0 Å². The highest BCUT2D eigenvalue weighted by Crippen LogP contribution is 2.42. The summed E-state index contributed by atoms with van der Waals surface area (Å²) in [5.41, 5.74) is 2.90. The minimum Gasteiger partial charge on any atom is -0.496 e. The summed E-state index contributed by atoms with van der Waals surface area (Å²) in [6, 6.07) is 0. The lowest BCUT2D eigenvalue weighted by Gasteiger charge is -2.19. The smallest absolute Gasteiger partial charge is 0.342 e. The molecule has 0 aromatic heterocycles. The first-order chi connectivity index (χ1) is 11.2. The molecule has 0 saturated carbocycles. The van der Waals surface area contributed by atoms with E-state index in [9.17, 15) is 9.90 Å². The molecule has 1 aliphatic heterocycles. The van der Waals surface area contributed by atoms with Gasteiger partial charge in [-0.25, -0.2) is 4.79 Å². The first-order valence-corrected chi connectivity index (χ1v) is 11.0. The fourth-order valence-electron chi connectivity index (χ4n) is 2.50. The molecule has 5 nitrogen and oxygen atoms in total. The molecule has 0 aliphatic carbocycles. The topological polar surface area (TPSA) is 65.0 Å². The number of methoxy groups -OCH3 is 1. The Morgan fingerprint density at radius 3 is 2.61 bits per heavy atom. The van der Waals surface area contributed by atoms with Gasteiger partial charge >= 0.3 is 5.97 Å². The lowest BCUT2D eigenvalue weighted by atomic mass is 9.95. The molecule has 0 amide bonds. The first-order valence-electron chi connectivity index (χ1n) is 7.52. The summed E-state index contributed by atoms with van der Waals surface area (Å²) < 4.78 is 16.4. The second kappa shape index (κ2) is 10.2. The predicted octanol–water partition coefficient (Wildman–Crippen LogP) is 3.70. The number of aliphatic hydroxyl groups excluding tert-OH is 1. The van der Waals surface area contributed by atoms with Crippen molar-refractivity contribution in [1.82, 2.24) is 0 Å². The molecule has 2 rings (SSSR count). The fourth-order valence-corrected chi connectivity index (χ4v) is 3.18. The highest BCUT2D eigenvalue weighted by Gasteiger charge is 2.33. The van der Waals surface area contributed by atoms with Gasteiger partial charge in [-0.15, -0.1) is 0 Å². The van der Waals surface area contributed by atoms with E-state index >= 15 is 0 Å². The Kier molecular flexibility index (Phi) is 9.08. The molecule has 0 atom stereocenters. The van der Waals surface area contributed by atoms with Gasteiger partial charge in [0.1, 0.15) is 23.7 Å². The Balaban J connectivity index is 0.00000127. The third kappa shape index (κ3) is 4.45. The summed E-state index contributed by atoms with van der Waals surface area (Å²) in [6.07, 6.45) is 0.372. The SMILES string of the molecule is CC.COc1c(C)c2c(c(OCCSI)c1CCO)C(=O)OC2. The van der Waals surface area contributed by atoms with Gasteiger partial charge in [0.25, 0.3) is 0 Å². The van der Waals surface area contributed by atoms with Crippen molar-refractivity contribution in [3.05, 3.63) is 22.3 Å². The van der Waals surface area contributed by atoms with Gasteiger partial charge in [-0.05, 0) is 33.7 Å². The summed E-state index contributed by atoms with van der Waals surface area (Å²) in [6.45, 7) is 6.58. The Hall–Kier alpha value is -0.670. The van der Waals surface area contributed by atoms with Crippen molar-refractivity contribution >= 4 is 36.1 Å². The second-order valence-electron chi connectivity index (χ2n) is 4.53. The molecular formula is C16H23IO5S. The van der Waals surface area contributed by atoms with Gasteiger partial charge in [0.2, 0.25) is 0 Å². The zero-order valence-electron chi connectivity index (χ0n) is 13.9. The second-order valence-corrected chi connectivity index (χ2v) is 7.03. The van der Waals surface area contributed by atoms with Crippen LogP contribution in [0.1, 0.15) is 40.9 Å². The minimum atomic E-state index is -0.368. The minimum absolute atomic E-state index is 0.0406. The van der Waals surface area contributed by atoms with Crippen LogP contribution in [0.3, 0.4) is 0 Å². The van der Waals surface area contributed by atoms with Crippen molar-refractivity contribution in [2.24, 2.45) is 0 Å². The zero-order valence-corrected chi connectivity index (χ0v) is 16.9. The Morgan fingerprint density at radius 2 is 2.04 bits per heavy atom. The lowest BCUT2D eigenvalue weighted by molar-refractivity contribution is 0.0532. The van der Waals surface area contributed by atoms with Crippen molar-refractivity contribution < 1.29 is 24.1 Å². The zero-order chi connectivity index (χ0) is 17.4. The van der Waals surface area contributed by atoms with Crippen LogP contribution in [0, 0.1) is 6.92 Å². The molecular weight excluding hydrogens is 431 g/mol. The number of hydrogen-bond donors (Lipinski definition) is 1. The van der Waals surface area contributed by atoms with E-state index < -0.39 is 0 Å². The number of esters is 1. The van der Waals surface area contributed by atoms with Crippen molar-refractivity contribution in [3.63, 3.8) is 0 Å². The predicted molar refractivity (Wildman–Crippen MR) is 101 cm³/mol. The average Bonchev–Trinajstić information content (AvgIpc) is 2.95. The van der Waals surface area contributed by atoms with Crippen LogP contribution in [-0.4, -0.2) is 37.2 Å². The number of cyclic esters (lactones) is 1. The molecule has 1 N–H and O–H groups in total. The van der Waals surface area contributed by atoms with Crippen molar-refractivity contribution in [2.75, 3.05) is 26.1 Å². The molecule has 1 aromatic carbocycles. The normalized spacial score (nSPS) is 12.2. The maximum absolute atomic E-state index is 12.0. The van der Waals surface area contributed by atoms with E-state index in [0.717, 1.165) is 22.4 Å². The standard InChI is InChI=1S/C14H17IO5S.C2H6/c1-8-10-7-20-14(17)11(10)13(19-5-6-21-15)9(3-4-16)12(8)18-2;1-2/h16H,3-7H2,1-2H3;1-2H3. The van der Waals surface area contributed by atoms with E-state index in [2.05, 4.69) is 21.2 Å². The molecule has 0 fully saturated rings. The number of ether oxygens (including phenoxy) is 3. The van der Waals surface area contributed by atoms with Crippen LogP contribution < -0.4 is 9.47 Å². The molecule has 1 aromatic rings. The fraction of sp³-hybridized carbons (Fsp3) is 0.562. The molecule has 0 saturated heterocycles. The number of halogens is 1. The summed E-state index contributed by atoms with van der Waals surface area (Å²) in [5, 5.41) is 9.31. The molecule has 7 heteroatoms. The van der Waals surface area contributed by atoms with E-state index in [1.807, 2.05) is 20.8 Å². The number of rotatable bonds is 7. The largest absolute Gasteiger partial charge is 0.496 e. The van der Waals surface area contributed by atoms with Crippen LogP contribution in [0.5, 0.6) is 11.5 Å². The number of fused-ring (bicyclic) bond motifs is 1. The lowest BCUT2D eigenvalue weighted by Crippen LogP contribution is -2.11. The van der Waals surface area contributed by atoms with Crippen LogP contribution in [0.4, 0.5) is 0 Å². The van der Waals surface area contributed by atoms with Gasteiger partial charge in [-0.2, -0.15) is 0 Å². The van der Waals surface area contributed by atoms with Gasteiger partial charge in [0.15, 0.2) is 0 Å². The summed E-state index contributed by atoms with van der Waals surface area (Å²) in [7, 11) is 3.22. The van der Waals surface area contributed by atoms with Crippen molar-refractivity contribution in [2.45, 2.75) is 33.8 Å². The van der Waals surface area contributed by atoms with E-state index in [4.69, 9.17) is 14.2 Å². The maximum Gasteiger partial charge on any atom is 0.342 e. The van der Waals surface area contributed by atoms with Crippen molar-refractivity contribution in [3.8, 4) is 11.5 Å². The monoisotopic (exact) mass is 454 g/mol. The Bertz CT molecular complexity index is 548. The van der Waals surface area contributed by atoms with E-state index in [0.29, 0.717) is 30.1 Å². The number of carbonyl (C=O) groups is 1. The first kappa shape index (κ1) is 20.4. The molecule has 130 valence electrons. The van der Waals surface area contributed by atoms with Gasteiger partial charge < -0.3 is 19.3 Å². The van der Waals surface area contributed by atoms with Crippen molar-refractivity contribution in [1.29, 1.82) is 0 Å². The molecule has 1 aliphatic rings. The van der Waals surface area contributed by atoms with Gasteiger partial charge in [0.05, 0.1) is 13.7 Å². The number of benzene rings is 1. The summed E-state index contributed by atoms with van der Waals surface area (Å²) in [5.74, 6) is 1.60. The number of aliphatic hydroxyl groups is 1. The summed E-state index contributed by atoms with van der Waals surface area (Å²) in [4.78, 5) is 12.0. The van der Waals surface area contributed by atoms with E-state index in [-0.39, 0.29) is 19.2 Å². The van der Waals surface area contributed by atoms with Gasteiger partial charge in [-0.3, -0.25) is 0 Å². The maximum atomic E-state index is 12.0. The number of hydrogen-bond acceptors (Lipinski definition) is 6. The number of carbonyl (C=O) groups excluding carboxylic acids is 1. The highest BCUT2D eigenvalue weighted by atomic mass is 127. The van der Waals surface area contributed by atoms with Gasteiger partial charge in [-0.1, -0.05) is 22.8 Å². The Morgan fingerprint density at radius 1 is 1.35 bits per heavy atom. The molecule has 0 spiro atoms. The average molecular weight is 454 g/mol. The third-order valence-corrected chi connectivity index (χ3v) is 5.04. The Labute approximate surface area is 153 Å². The quantitative estimate of drug-likeness (QED) is 0.385.